The summed E-state index contributed by atoms with van der Waals surface area (Å²) in [6.07, 6.45) is 1.70. The maximum Gasteiger partial charge on any atom is 0.264 e. The Morgan fingerprint density at radius 3 is 2.91 bits per heavy atom. The molecule has 1 aliphatic heterocycles. The van der Waals surface area contributed by atoms with Crippen LogP contribution in [-0.4, -0.2) is 11.1 Å². The topological polar surface area (TPSA) is 54.6 Å². The molecule has 0 bridgehead atoms. The predicted molar refractivity (Wildman–Crippen MR) is 98.4 cm³/mol. The summed E-state index contributed by atoms with van der Waals surface area (Å²) in [7, 11) is 0. The fraction of sp³-hybridized carbons (Fsp3) is 0.0667. The predicted octanol–water partition coefficient (Wildman–Crippen LogP) is 4.74. The average Bonchev–Trinajstić information content (AvgIpc) is 3.02. The van der Waals surface area contributed by atoms with Crippen LogP contribution in [0, 0.1) is 10.7 Å². The highest BCUT2D eigenvalue weighted by molar-refractivity contribution is 14.1. The Hall–Kier alpha value is -1.25. The summed E-state index contributed by atoms with van der Waals surface area (Å²) in [5, 5.41) is 3.93. The molecular weight excluding hydrogens is 435 g/mol. The number of amidine groups is 1. The first-order valence-electron chi connectivity index (χ1n) is 6.33. The monoisotopic (exact) mass is 444 g/mol. The lowest BCUT2D eigenvalue weighted by molar-refractivity contribution is -0.115. The van der Waals surface area contributed by atoms with E-state index in [1.54, 1.807) is 6.08 Å². The van der Waals surface area contributed by atoms with E-state index >= 15 is 0 Å². The first-order valence-corrected chi connectivity index (χ1v) is 8.60. The molecule has 1 amide bonds. The number of hydrogen-bond donors (Lipinski definition) is 1. The SMILES string of the molecule is Cc1c(Cl)cccc1N=C1NC(=O)/C(=C/c2ccc(I)o2)S1. The molecule has 22 heavy (non-hydrogen) atoms. The molecule has 1 aliphatic rings. The van der Waals surface area contributed by atoms with Gasteiger partial charge in [0.1, 0.15) is 5.76 Å². The van der Waals surface area contributed by atoms with Crippen molar-refractivity contribution in [1.29, 1.82) is 0 Å². The molecule has 0 unspecified atom stereocenters. The average molecular weight is 445 g/mol. The molecule has 1 fully saturated rings. The standard InChI is InChI=1S/C15H10ClIN2O2S/c1-8-10(16)3-2-4-11(8)18-15-19-14(20)12(22-15)7-9-5-6-13(17)21-9/h2-7H,1H3,(H,18,19,20)/b12-7-. The molecular formula is C15H10ClIN2O2S. The lowest BCUT2D eigenvalue weighted by Gasteiger charge is -2.02. The quantitative estimate of drug-likeness (QED) is 0.538. The summed E-state index contributed by atoms with van der Waals surface area (Å²) in [6, 6.07) is 9.16. The van der Waals surface area contributed by atoms with Gasteiger partial charge in [-0.25, -0.2) is 4.99 Å². The van der Waals surface area contributed by atoms with Gasteiger partial charge >= 0.3 is 0 Å². The lowest BCUT2D eigenvalue weighted by Crippen LogP contribution is -2.19. The number of halogens is 2. The van der Waals surface area contributed by atoms with E-state index in [-0.39, 0.29) is 5.91 Å². The van der Waals surface area contributed by atoms with Crippen LogP contribution in [0.2, 0.25) is 5.02 Å². The third-order valence-corrected chi connectivity index (χ3v) is 4.88. The fourth-order valence-electron chi connectivity index (χ4n) is 1.84. The number of amides is 1. The number of rotatable bonds is 2. The minimum atomic E-state index is -0.185. The van der Waals surface area contributed by atoms with Gasteiger partial charge in [-0.05, 0) is 71.1 Å². The molecule has 0 aliphatic carbocycles. The maximum atomic E-state index is 12.0. The van der Waals surface area contributed by atoms with Crippen LogP contribution in [0.1, 0.15) is 11.3 Å². The van der Waals surface area contributed by atoms with Crippen molar-refractivity contribution in [3.8, 4) is 0 Å². The van der Waals surface area contributed by atoms with Crippen molar-refractivity contribution >= 4 is 68.8 Å². The second kappa shape index (κ2) is 6.47. The minimum Gasteiger partial charge on any atom is -0.451 e. The molecule has 0 atom stereocenters. The number of hydrogen-bond acceptors (Lipinski definition) is 4. The first-order chi connectivity index (χ1) is 10.5. The summed E-state index contributed by atoms with van der Waals surface area (Å²) < 4.78 is 6.22. The number of thioether (sulfide) groups is 1. The molecule has 0 saturated carbocycles. The third kappa shape index (κ3) is 3.39. The van der Waals surface area contributed by atoms with E-state index in [0.29, 0.717) is 20.9 Å². The molecule has 1 aromatic heterocycles. The molecule has 2 heterocycles. The van der Waals surface area contributed by atoms with Crippen molar-refractivity contribution in [2.45, 2.75) is 6.92 Å². The summed E-state index contributed by atoms with van der Waals surface area (Å²) in [5.41, 5.74) is 1.62. The zero-order valence-corrected chi connectivity index (χ0v) is 15.1. The van der Waals surface area contributed by atoms with Crippen molar-refractivity contribution in [2.75, 3.05) is 0 Å². The van der Waals surface area contributed by atoms with E-state index in [9.17, 15) is 4.79 Å². The Labute approximate surface area is 150 Å². The van der Waals surface area contributed by atoms with Crippen LogP contribution in [0.3, 0.4) is 0 Å². The second-order valence-corrected chi connectivity index (χ2v) is 7.01. The largest absolute Gasteiger partial charge is 0.451 e. The van der Waals surface area contributed by atoms with Crippen LogP contribution in [0.4, 0.5) is 5.69 Å². The van der Waals surface area contributed by atoms with Crippen molar-refractivity contribution < 1.29 is 9.21 Å². The Bertz CT molecular complexity index is 814. The minimum absolute atomic E-state index is 0.185. The number of nitrogens with one attached hydrogen (secondary N) is 1. The van der Waals surface area contributed by atoms with Gasteiger partial charge in [-0.2, -0.15) is 0 Å². The Balaban J connectivity index is 1.87. The molecule has 3 rings (SSSR count). The van der Waals surface area contributed by atoms with E-state index < -0.39 is 0 Å². The normalized spacial score (nSPS) is 18.2. The van der Waals surface area contributed by atoms with Crippen LogP contribution >= 0.6 is 46.0 Å². The van der Waals surface area contributed by atoms with E-state index in [4.69, 9.17) is 16.0 Å². The van der Waals surface area contributed by atoms with E-state index in [1.165, 1.54) is 11.8 Å². The molecule has 1 saturated heterocycles. The van der Waals surface area contributed by atoms with Crippen LogP contribution in [0.25, 0.3) is 6.08 Å². The van der Waals surface area contributed by atoms with Crippen molar-refractivity contribution in [1.82, 2.24) is 5.32 Å². The molecule has 0 spiro atoms. The number of nitrogens with zero attached hydrogens (tertiary/aromatic N) is 1. The summed E-state index contributed by atoms with van der Waals surface area (Å²) >= 11 is 9.43. The highest BCUT2D eigenvalue weighted by Crippen LogP contribution is 2.31. The third-order valence-electron chi connectivity index (χ3n) is 2.98. The molecule has 0 radical (unpaired) electrons. The Morgan fingerprint density at radius 1 is 1.36 bits per heavy atom. The van der Waals surface area contributed by atoms with Gasteiger partial charge in [-0.15, -0.1) is 0 Å². The van der Waals surface area contributed by atoms with Crippen LogP contribution < -0.4 is 5.32 Å². The Morgan fingerprint density at radius 2 is 2.18 bits per heavy atom. The van der Waals surface area contributed by atoms with E-state index in [1.807, 2.05) is 37.3 Å². The van der Waals surface area contributed by atoms with Gasteiger partial charge in [0.25, 0.3) is 5.91 Å². The highest BCUT2D eigenvalue weighted by Gasteiger charge is 2.24. The molecule has 1 aromatic carbocycles. The van der Waals surface area contributed by atoms with Gasteiger partial charge in [-0.3, -0.25) is 4.79 Å². The maximum absolute atomic E-state index is 12.0. The van der Waals surface area contributed by atoms with Crippen LogP contribution in [0.5, 0.6) is 0 Å². The van der Waals surface area contributed by atoms with E-state index in [2.05, 4.69) is 32.9 Å². The molecule has 1 N–H and O–H groups in total. The van der Waals surface area contributed by atoms with Gasteiger partial charge in [0.05, 0.1) is 10.6 Å². The number of carbonyl (C=O) groups is 1. The van der Waals surface area contributed by atoms with Crippen molar-refractivity contribution in [3.63, 3.8) is 0 Å². The lowest BCUT2D eigenvalue weighted by atomic mass is 10.2. The number of furan rings is 1. The Kier molecular flexibility index (Phi) is 4.60. The highest BCUT2D eigenvalue weighted by atomic mass is 127. The number of aliphatic imine (C=N–C) groups is 1. The van der Waals surface area contributed by atoms with Gasteiger partial charge < -0.3 is 9.73 Å². The summed E-state index contributed by atoms with van der Waals surface area (Å²) in [5.74, 6) is 0.456. The molecule has 7 heteroatoms. The summed E-state index contributed by atoms with van der Waals surface area (Å²) in [4.78, 5) is 17.0. The van der Waals surface area contributed by atoms with Crippen LogP contribution in [0.15, 0.2) is 44.6 Å². The van der Waals surface area contributed by atoms with Gasteiger partial charge in [0, 0.05) is 11.1 Å². The second-order valence-electron chi connectivity index (χ2n) is 4.51. The zero-order valence-electron chi connectivity index (χ0n) is 11.4. The molecule has 2 aromatic rings. The summed E-state index contributed by atoms with van der Waals surface area (Å²) in [6.45, 7) is 1.89. The smallest absolute Gasteiger partial charge is 0.264 e. The molecule has 4 nitrogen and oxygen atoms in total. The van der Waals surface area contributed by atoms with Crippen molar-refractivity contribution in [3.05, 3.63) is 55.4 Å². The number of carbonyl (C=O) groups excluding carboxylic acids is 1. The van der Waals surface area contributed by atoms with Gasteiger partial charge in [-0.1, -0.05) is 17.7 Å². The molecule has 112 valence electrons. The van der Waals surface area contributed by atoms with Gasteiger partial charge in [0.15, 0.2) is 8.93 Å². The van der Waals surface area contributed by atoms with E-state index in [0.717, 1.165) is 15.0 Å². The zero-order chi connectivity index (χ0) is 15.7. The van der Waals surface area contributed by atoms with Crippen LogP contribution in [-0.2, 0) is 4.79 Å². The van der Waals surface area contributed by atoms with Crippen molar-refractivity contribution in [2.24, 2.45) is 4.99 Å². The fourth-order valence-corrected chi connectivity index (χ4v) is 3.26. The first kappa shape index (κ1) is 15.6. The van der Waals surface area contributed by atoms with Gasteiger partial charge in [0.2, 0.25) is 0 Å². The number of benzene rings is 1.